The molecule has 2 rings (SSSR count). The zero-order valence-corrected chi connectivity index (χ0v) is 11.8. The molecular formula is C15H12ClF4N. The minimum absolute atomic E-state index is 0.0426. The first-order valence-corrected chi connectivity index (χ1v) is 6.50. The minimum Gasteiger partial charge on any atom is -0.309 e. The number of hydrogen-bond acceptors (Lipinski definition) is 1. The molecule has 2 aromatic rings. The van der Waals surface area contributed by atoms with E-state index in [9.17, 15) is 17.6 Å². The molecule has 0 saturated carbocycles. The van der Waals surface area contributed by atoms with Crippen molar-refractivity contribution >= 4 is 11.6 Å². The normalized spacial score (nSPS) is 13.2. The van der Waals surface area contributed by atoms with Crippen LogP contribution in [-0.4, -0.2) is 7.05 Å². The molecule has 1 nitrogen and oxygen atoms in total. The summed E-state index contributed by atoms with van der Waals surface area (Å²) in [6.07, 6.45) is -4.47. The van der Waals surface area contributed by atoms with Crippen LogP contribution in [0.4, 0.5) is 17.6 Å². The van der Waals surface area contributed by atoms with Crippen LogP contribution in [0.1, 0.15) is 22.7 Å². The Bertz CT molecular complexity index is 640. The molecule has 21 heavy (non-hydrogen) atoms. The van der Waals surface area contributed by atoms with Crippen LogP contribution in [0.3, 0.4) is 0 Å². The molecule has 0 bridgehead atoms. The predicted molar refractivity (Wildman–Crippen MR) is 73.8 cm³/mol. The summed E-state index contributed by atoms with van der Waals surface area (Å²) < 4.78 is 52.4. The average Bonchev–Trinajstić information content (AvgIpc) is 2.41. The van der Waals surface area contributed by atoms with Crippen molar-refractivity contribution in [3.05, 3.63) is 70.0 Å². The Balaban J connectivity index is 2.57. The van der Waals surface area contributed by atoms with Gasteiger partial charge in [0.05, 0.1) is 11.6 Å². The van der Waals surface area contributed by atoms with Gasteiger partial charge >= 0.3 is 6.18 Å². The molecule has 2 aromatic carbocycles. The van der Waals surface area contributed by atoms with Crippen molar-refractivity contribution < 1.29 is 17.6 Å². The van der Waals surface area contributed by atoms with Crippen molar-refractivity contribution in [3.8, 4) is 0 Å². The van der Waals surface area contributed by atoms with E-state index in [4.69, 9.17) is 11.6 Å². The molecule has 1 unspecified atom stereocenters. The van der Waals surface area contributed by atoms with Crippen molar-refractivity contribution in [3.63, 3.8) is 0 Å². The van der Waals surface area contributed by atoms with Gasteiger partial charge in [-0.15, -0.1) is 0 Å². The number of benzene rings is 2. The van der Waals surface area contributed by atoms with Gasteiger partial charge in [-0.05, 0) is 36.4 Å². The molecule has 6 heteroatoms. The van der Waals surface area contributed by atoms with E-state index in [-0.39, 0.29) is 10.6 Å². The van der Waals surface area contributed by atoms with Gasteiger partial charge < -0.3 is 5.32 Å². The quantitative estimate of drug-likeness (QED) is 0.801. The first-order chi connectivity index (χ1) is 9.84. The van der Waals surface area contributed by atoms with Gasteiger partial charge in [0, 0.05) is 5.02 Å². The molecular weight excluding hydrogens is 306 g/mol. The molecule has 1 atom stereocenters. The first kappa shape index (κ1) is 15.8. The van der Waals surface area contributed by atoms with Crippen molar-refractivity contribution in [2.24, 2.45) is 0 Å². The zero-order chi connectivity index (χ0) is 15.6. The highest BCUT2D eigenvalue weighted by Gasteiger charge is 2.35. The monoisotopic (exact) mass is 317 g/mol. The summed E-state index contributed by atoms with van der Waals surface area (Å²) in [5, 5.41) is 2.88. The fourth-order valence-electron chi connectivity index (χ4n) is 2.22. The predicted octanol–water partition coefficient (Wildman–Crippen LogP) is 4.81. The Morgan fingerprint density at radius 1 is 1.05 bits per heavy atom. The fraction of sp³-hybridized carbons (Fsp3) is 0.200. The Morgan fingerprint density at radius 3 is 2.29 bits per heavy atom. The van der Waals surface area contributed by atoms with E-state index >= 15 is 0 Å². The Morgan fingerprint density at radius 2 is 1.71 bits per heavy atom. The van der Waals surface area contributed by atoms with E-state index in [2.05, 4.69) is 5.32 Å². The summed E-state index contributed by atoms with van der Waals surface area (Å²) in [4.78, 5) is 0. The summed E-state index contributed by atoms with van der Waals surface area (Å²) >= 11 is 5.96. The highest BCUT2D eigenvalue weighted by molar-refractivity contribution is 6.31. The lowest BCUT2D eigenvalue weighted by Gasteiger charge is -2.22. The average molecular weight is 318 g/mol. The molecule has 1 N–H and O–H groups in total. The molecule has 0 fully saturated rings. The molecule has 0 aliphatic rings. The van der Waals surface area contributed by atoms with Crippen LogP contribution in [0.5, 0.6) is 0 Å². The lowest BCUT2D eigenvalue weighted by molar-refractivity contribution is -0.138. The van der Waals surface area contributed by atoms with Crippen LogP contribution in [0.25, 0.3) is 0 Å². The third kappa shape index (κ3) is 3.36. The third-order valence-electron chi connectivity index (χ3n) is 3.14. The van der Waals surface area contributed by atoms with Crippen LogP contribution in [0.15, 0.2) is 42.5 Å². The van der Waals surface area contributed by atoms with E-state index in [0.29, 0.717) is 5.56 Å². The molecule has 0 heterocycles. The third-order valence-corrected chi connectivity index (χ3v) is 3.47. The van der Waals surface area contributed by atoms with Crippen LogP contribution in [0, 0.1) is 5.82 Å². The first-order valence-electron chi connectivity index (χ1n) is 6.13. The largest absolute Gasteiger partial charge is 0.416 e. The smallest absolute Gasteiger partial charge is 0.309 e. The van der Waals surface area contributed by atoms with Gasteiger partial charge in [-0.25, -0.2) is 4.39 Å². The van der Waals surface area contributed by atoms with E-state index < -0.39 is 23.6 Å². The number of halogens is 5. The van der Waals surface area contributed by atoms with Crippen molar-refractivity contribution in [1.82, 2.24) is 5.32 Å². The zero-order valence-electron chi connectivity index (χ0n) is 11.0. The molecule has 0 radical (unpaired) electrons. The van der Waals surface area contributed by atoms with Crippen LogP contribution < -0.4 is 5.32 Å². The summed E-state index contributed by atoms with van der Waals surface area (Å²) in [5.74, 6) is -0.539. The summed E-state index contributed by atoms with van der Waals surface area (Å²) in [7, 11) is 1.53. The second kappa shape index (κ2) is 6.03. The highest BCUT2D eigenvalue weighted by atomic mass is 35.5. The maximum atomic E-state index is 13.1. The summed E-state index contributed by atoms with van der Waals surface area (Å²) in [6, 6.07) is 8.08. The Labute approximate surface area is 124 Å². The second-order valence-electron chi connectivity index (χ2n) is 4.47. The SMILES string of the molecule is CNC(c1ccc(F)cc1Cl)c1ccccc1C(F)(F)F. The standard InChI is InChI=1S/C15H12ClF4N/c1-21-14(11-7-6-9(17)8-13(11)16)10-4-2-3-5-12(10)15(18,19)20/h2-8,14,21H,1H3. The Kier molecular flexibility index (Phi) is 4.54. The molecule has 0 saturated heterocycles. The van der Waals surface area contributed by atoms with E-state index in [1.54, 1.807) is 0 Å². The molecule has 0 amide bonds. The minimum atomic E-state index is -4.47. The number of alkyl halides is 3. The molecule has 0 aliphatic heterocycles. The number of rotatable bonds is 3. The van der Waals surface area contributed by atoms with E-state index in [0.717, 1.165) is 12.1 Å². The van der Waals surface area contributed by atoms with Crippen LogP contribution >= 0.6 is 11.6 Å². The van der Waals surface area contributed by atoms with Gasteiger partial charge in [-0.2, -0.15) is 13.2 Å². The van der Waals surface area contributed by atoms with Gasteiger partial charge in [0.1, 0.15) is 5.82 Å². The molecule has 0 aliphatic carbocycles. The van der Waals surface area contributed by atoms with Gasteiger partial charge in [0.2, 0.25) is 0 Å². The van der Waals surface area contributed by atoms with E-state index in [1.165, 1.54) is 37.4 Å². The summed E-state index contributed by atoms with van der Waals surface area (Å²) in [6.45, 7) is 0. The van der Waals surface area contributed by atoms with Crippen molar-refractivity contribution in [2.75, 3.05) is 7.05 Å². The van der Waals surface area contributed by atoms with Crippen molar-refractivity contribution in [2.45, 2.75) is 12.2 Å². The topological polar surface area (TPSA) is 12.0 Å². The lowest BCUT2D eigenvalue weighted by Crippen LogP contribution is -2.22. The van der Waals surface area contributed by atoms with Gasteiger partial charge in [0.15, 0.2) is 0 Å². The second-order valence-corrected chi connectivity index (χ2v) is 4.88. The summed E-state index contributed by atoms with van der Waals surface area (Å²) in [5.41, 5.74) is -0.317. The molecule has 0 aromatic heterocycles. The lowest BCUT2D eigenvalue weighted by atomic mass is 9.94. The molecule has 0 spiro atoms. The fourth-order valence-corrected chi connectivity index (χ4v) is 2.50. The highest BCUT2D eigenvalue weighted by Crippen LogP contribution is 2.37. The number of nitrogens with one attached hydrogen (secondary N) is 1. The Hall–Kier alpha value is -1.59. The molecule has 112 valence electrons. The van der Waals surface area contributed by atoms with Gasteiger partial charge in [0.25, 0.3) is 0 Å². The van der Waals surface area contributed by atoms with Crippen LogP contribution in [-0.2, 0) is 6.18 Å². The van der Waals surface area contributed by atoms with Crippen molar-refractivity contribution in [1.29, 1.82) is 0 Å². The maximum Gasteiger partial charge on any atom is 0.416 e. The van der Waals surface area contributed by atoms with Gasteiger partial charge in [-0.3, -0.25) is 0 Å². The van der Waals surface area contributed by atoms with Gasteiger partial charge in [-0.1, -0.05) is 35.9 Å². The number of hydrogen-bond donors (Lipinski definition) is 1. The maximum absolute atomic E-state index is 13.1. The van der Waals surface area contributed by atoms with Crippen LogP contribution in [0.2, 0.25) is 5.02 Å². The van der Waals surface area contributed by atoms with E-state index in [1.807, 2.05) is 0 Å².